The lowest BCUT2D eigenvalue weighted by molar-refractivity contribution is -0.136. The smallest absolute Gasteiger partial charge is 0.239 e. The van der Waals surface area contributed by atoms with Crippen molar-refractivity contribution in [1.82, 2.24) is 15.5 Å². The number of likely N-dealkylation sites (tertiary alicyclic amines) is 1. The molecule has 2 heterocycles. The van der Waals surface area contributed by atoms with E-state index in [0.717, 1.165) is 45.2 Å². The zero-order valence-corrected chi connectivity index (χ0v) is 12.3. The SMILES string of the molecule is CC(=O)NC1CCCN(C(=O)[C@H]2CCCCN2)C1.Cl. The fraction of sp³-hybridized carbons (Fsp3) is 0.846. The summed E-state index contributed by atoms with van der Waals surface area (Å²) in [5, 5.41) is 6.21. The second-order valence-electron chi connectivity index (χ2n) is 5.33. The number of piperidine rings is 2. The molecular weight excluding hydrogens is 266 g/mol. The predicted molar refractivity (Wildman–Crippen MR) is 76.3 cm³/mol. The Bertz CT molecular complexity index is 319. The van der Waals surface area contributed by atoms with Gasteiger partial charge in [0.25, 0.3) is 0 Å². The third-order valence-electron chi connectivity index (χ3n) is 3.75. The summed E-state index contributed by atoms with van der Waals surface area (Å²) >= 11 is 0. The Hall–Kier alpha value is -0.810. The predicted octanol–water partition coefficient (Wildman–Crippen LogP) is 0.677. The highest BCUT2D eigenvalue weighted by Gasteiger charge is 2.29. The van der Waals surface area contributed by atoms with Crippen molar-refractivity contribution in [2.45, 2.75) is 51.1 Å². The highest BCUT2D eigenvalue weighted by Crippen LogP contribution is 2.15. The van der Waals surface area contributed by atoms with Crippen molar-refractivity contribution >= 4 is 24.2 Å². The van der Waals surface area contributed by atoms with Crippen molar-refractivity contribution < 1.29 is 9.59 Å². The van der Waals surface area contributed by atoms with Crippen LogP contribution in [0.15, 0.2) is 0 Å². The third-order valence-corrected chi connectivity index (χ3v) is 3.75. The van der Waals surface area contributed by atoms with Crippen LogP contribution in [0.2, 0.25) is 0 Å². The van der Waals surface area contributed by atoms with Crippen LogP contribution in [0, 0.1) is 0 Å². The van der Waals surface area contributed by atoms with Crippen molar-refractivity contribution in [2.75, 3.05) is 19.6 Å². The lowest BCUT2D eigenvalue weighted by Gasteiger charge is -2.36. The van der Waals surface area contributed by atoms with Gasteiger partial charge >= 0.3 is 0 Å². The summed E-state index contributed by atoms with van der Waals surface area (Å²) in [5.74, 6) is 0.204. The van der Waals surface area contributed by atoms with E-state index in [2.05, 4.69) is 10.6 Å². The van der Waals surface area contributed by atoms with Gasteiger partial charge in [-0.25, -0.2) is 0 Å². The number of halogens is 1. The Kier molecular flexibility index (Phi) is 6.58. The molecule has 2 amide bonds. The first kappa shape index (κ1) is 16.2. The summed E-state index contributed by atoms with van der Waals surface area (Å²) in [6, 6.07) is 0.124. The van der Waals surface area contributed by atoms with Crippen LogP contribution in [0.4, 0.5) is 0 Å². The molecule has 2 fully saturated rings. The molecule has 2 N–H and O–H groups in total. The quantitative estimate of drug-likeness (QED) is 0.786. The number of nitrogens with one attached hydrogen (secondary N) is 2. The monoisotopic (exact) mass is 289 g/mol. The molecule has 0 bridgehead atoms. The standard InChI is InChI=1S/C13H23N3O2.ClH/c1-10(17)15-11-5-4-8-16(9-11)13(18)12-6-2-3-7-14-12;/h11-12,14H,2-9H2,1H3,(H,15,17);1H/t11?,12-;/m1./s1. The molecule has 0 aromatic heterocycles. The van der Waals surface area contributed by atoms with Gasteiger partial charge in [-0.1, -0.05) is 6.42 Å². The summed E-state index contributed by atoms with van der Waals surface area (Å²) in [6.07, 6.45) is 5.19. The number of hydrogen-bond acceptors (Lipinski definition) is 3. The molecule has 6 heteroatoms. The van der Waals surface area contributed by atoms with Crippen molar-refractivity contribution in [3.05, 3.63) is 0 Å². The van der Waals surface area contributed by atoms with Crippen LogP contribution in [-0.2, 0) is 9.59 Å². The Morgan fingerprint density at radius 1 is 1.21 bits per heavy atom. The molecular formula is C13H24ClN3O2. The molecule has 0 saturated carbocycles. The summed E-state index contributed by atoms with van der Waals surface area (Å²) in [5.41, 5.74) is 0. The number of amides is 2. The zero-order valence-electron chi connectivity index (χ0n) is 11.5. The van der Waals surface area contributed by atoms with Gasteiger partial charge in [0.05, 0.1) is 6.04 Å². The normalized spacial score (nSPS) is 27.3. The zero-order chi connectivity index (χ0) is 13.0. The Labute approximate surface area is 120 Å². The van der Waals surface area contributed by atoms with Gasteiger partial charge in [0, 0.05) is 26.1 Å². The van der Waals surface area contributed by atoms with E-state index in [0.29, 0.717) is 6.54 Å². The summed E-state index contributed by atoms with van der Waals surface area (Å²) < 4.78 is 0. The number of nitrogens with zero attached hydrogens (tertiary/aromatic N) is 1. The summed E-state index contributed by atoms with van der Waals surface area (Å²) in [4.78, 5) is 25.3. The van der Waals surface area contributed by atoms with Gasteiger partial charge in [-0.2, -0.15) is 0 Å². The van der Waals surface area contributed by atoms with E-state index in [1.807, 2.05) is 4.90 Å². The van der Waals surface area contributed by atoms with Crippen molar-refractivity contribution in [3.63, 3.8) is 0 Å². The van der Waals surface area contributed by atoms with E-state index in [4.69, 9.17) is 0 Å². The van der Waals surface area contributed by atoms with Crippen LogP contribution in [0.25, 0.3) is 0 Å². The maximum absolute atomic E-state index is 12.3. The molecule has 0 spiro atoms. The number of rotatable bonds is 2. The van der Waals surface area contributed by atoms with Gasteiger partial charge in [-0.3, -0.25) is 9.59 Å². The van der Waals surface area contributed by atoms with Crippen molar-refractivity contribution in [3.8, 4) is 0 Å². The maximum Gasteiger partial charge on any atom is 0.239 e. The van der Waals surface area contributed by atoms with Gasteiger partial charge < -0.3 is 15.5 Å². The molecule has 2 atom stereocenters. The largest absolute Gasteiger partial charge is 0.352 e. The lowest BCUT2D eigenvalue weighted by atomic mass is 10.0. The fourth-order valence-electron chi connectivity index (χ4n) is 2.87. The van der Waals surface area contributed by atoms with Gasteiger partial charge in [-0.15, -0.1) is 12.4 Å². The fourth-order valence-corrected chi connectivity index (χ4v) is 2.87. The van der Waals surface area contributed by atoms with Gasteiger partial charge in [0.2, 0.25) is 11.8 Å². The van der Waals surface area contributed by atoms with Crippen LogP contribution in [-0.4, -0.2) is 48.4 Å². The van der Waals surface area contributed by atoms with E-state index in [-0.39, 0.29) is 36.3 Å². The van der Waals surface area contributed by atoms with Gasteiger partial charge in [-0.05, 0) is 32.2 Å². The Balaban J connectivity index is 0.00000180. The topological polar surface area (TPSA) is 61.4 Å². The highest BCUT2D eigenvalue weighted by molar-refractivity contribution is 5.85. The lowest BCUT2D eigenvalue weighted by Crippen LogP contribution is -2.54. The van der Waals surface area contributed by atoms with Crippen molar-refractivity contribution in [1.29, 1.82) is 0 Å². The van der Waals surface area contributed by atoms with Gasteiger partial charge in [0.1, 0.15) is 0 Å². The van der Waals surface area contributed by atoms with Crippen LogP contribution in [0.3, 0.4) is 0 Å². The Morgan fingerprint density at radius 2 is 2.00 bits per heavy atom. The number of hydrogen-bond donors (Lipinski definition) is 2. The van der Waals surface area contributed by atoms with Crippen LogP contribution < -0.4 is 10.6 Å². The second kappa shape index (κ2) is 7.70. The molecule has 2 aliphatic heterocycles. The Morgan fingerprint density at radius 3 is 2.63 bits per heavy atom. The molecule has 0 aliphatic carbocycles. The van der Waals surface area contributed by atoms with Crippen LogP contribution in [0.5, 0.6) is 0 Å². The molecule has 19 heavy (non-hydrogen) atoms. The van der Waals surface area contributed by atoms with Crippen LogP contribution >= 0.6 is 12.4 Å². The molecule has 0 radical (unpaired) electrons. The molecule has 110 valence electrons. The minimum atomic E-state index is -0.00918. The third kappa shape index (κ3) is 4.66. The molecule has 2 aliphatic rings. The highest BCUT2D eigenvalue weighted by atomic mass is 35.5. The first-order valence-corrected chi connectivity index (χ1v) is 6.96. The van der Waals surface area contributed by atoms with E-state index in [9.17, 15) is 9.59 Å². The van der Waals surface area contributed by atoms with E-state index >= 15 is 0 Å². The summed E-state index contributed by atoms with van der Waals surface area (Å²) in [6.45, 7) is 3.96. The number of carbonyl (C=O) groups is 2. The molecule has 0 aromatic carbocycles. The molecule has 2 saturated heterocycles. The minimum absolute atomic E-state index is 0. The molecule has 2 rings (SSSR count). The van der Waals surface area contributed by atoms with E-state index in [1.54, 1.807) is 0 Å². The van der Waals surface area contributed by atoms with Crippen LogP contribution in [0.1, 0.15) is 39.0 Å². The summed E-state index contributed by atoms with van der Waals surface area (Å²) in [7, 11) is 0. The molecule has 0 aromatic rings. The average molecular weight is 290 g/mol. The minimum Gasteiger partial charge on any atom is -0.352 e. The number of carbonyl (C=O) groups excluding carboxylic acids is 2. The van der Waals surface area contributed by atoms with Crippen molar-refractivity contribution in [2.24, 2.45) is 0 Å². The van der Waals surface area contributed by atoms with E-state index in [1.165, 1.54) is 6.92 Å². The first-order chi connectivity index (χ1) is 8.66. The average Bonchev–Trinajstić information content (AvgIpc) is 2.38. The van der Waals surface area contributed by atoms with E-state index < -0.39 is 0 Å². The molecule has 1 unspecified atom stereocenters. The van der Waals surface area contributed by atoms with Gasteiger partial charge in [0.15, 0.2) is 0 Å². The maximum atomic E-state index is 12.3. The first-order valence-electron chi connectivity index (χ1n) is 6.96. The molecule has 5 nitrogen and oxygen atoms in total. The second-order valence-corrected chi connectivity index (χ2v) is 5.33.